The first kappa shape index (κ1) is 13.5. The van der Waals surface area contributed by atoms with Crippen LogP contribution < -0.4 is 5.32 Å². The van der Waals surface area contributed by atoms with Crippen molar-refractivity contribution >= 4 is 0 Å². The molecule has 1 aromatic heterocycles. The van der Waals surface area contributed by atoms with Gasteiger partial charge in [0.15, 0.2) is 0 Å². The zero-order chi connectivity index (χ0) is 13.2. The summed E-state index contributed by atoms with van der Waals surface area (Å²) in [5.74, 6) is 1.61. The van der Waals surface area contributed by atoms with Crippen LogP contribution in [-0.4, -0.2) is 29.8 Å². The van der Waals surface area contributed by atoms with Crippen LogP contribution in [0.2, 0.25) is 0 Å². The van der Waals surface area contributed by atoms with Crippen molar-refractivity contribution < 1.29 is 9.26 Å². The molecule has 1 heterocycles. The maximum absolute atomic E-state index is 5.56. The molecule has 0 aromatic carbocycles. The maximum atomic E-state index is 5.56. The average Bonchev–Trinajstić information content (AvgIpc) is 2.77. The minimum absolute atomic E-state index is 0.209. The molecule has 1 saturated carbocycles. The van der Waals surface area contributed by atoms with Gasteiger partial charge in [0.2, 0.25) is 11.7 Å². The zero-order valence-electron chi connectivity index (χ0n) is 11.7. The third-order valence-corrected chi connectivity index (χ3v) is 4.07. The summed E-state index contributed by atoms with van der Waals surface area (Å²) in [6, 6.07) is 0.322. The molecule has 1 fully saturated rings. The molecule has 1 aliphatic carbocycles. The molecule has 0 saturated heterocycles. The van der Waals surface area contributed by atoms with Gasteiger partial charge in [-0.05, 0) is 32.7 Å². The number of methoxy groups -OCH3 is 1. The molecular weight excluding hydrogens is 230 g/mol. The Morgan fingerprint density at radius 3 is 2.67 bits per heavy atom. The maximum Gasteiger partial charge on any atom is 0.231 e. The molecule has 5 nitrogen and oxygen atoms in total. The van der Waals surface area contributed by atoms with E-state index >= 15 is 0 Å². The summed E-state index contributed by atoms with van der Waals surface area (Å²) in [6.45, 7) is 7.27. The van der Waals surface area contributed by atoms with Crippen molar-refractivity contribution in [3.63, 3.8) is 0 Å². The first-order chi connectivity index (χ1) is 8.63. The summed E-state index contributed by atoms with van der Waals surface area (Å²) in [5, 5.41) is 7.48. The molecule has 1 N–H and O–H groups in total. The summed E-state index contributed by atoms with van der Waals surface area (Å²) >= 11 is 0. The number of nitrogens with zero attached hydrogens (tertiary/aromatic N) is 2. The average molecular weight is 253 g/mol. The van der Waals surface area contributed by atoms with Gasteiger partial charge >= 0.3 is 0 Å². The van der Waals surface area contributed by atoms with Crippen LogP contribution in [0.25, 0.3) is 0 Å². The Bertz CT molecular complexity index is 382. The molecule has 2 unspecified atom stereocenters. The second-order valence-electron chi connectivity index (χ2n) is 5.14. The van der Waals surface area contributed by atoms with Gasteiger partial charge in [-0.2, -0.15) is 4.98 Å². The highest BCUT2D eigenvalue weighted by molar-refractivity contribution is 5.08. The lowest BCUT2D eigenvalue weighted by Crippen LogP contribution is -2.37. The number of likely N-dealkylation sites (N-methyl/N-ethyl adjacent to an activating group) is 1. The Balaban J connectivity index is 2.10. The summed E-state index contributed by atoms with van der Waals surface area (Å²) in [4.78, 5) is 4.54. The van der Waals surface area contributed by atoms with E-state index in [0.29, 0.717) is 17.8 Å². The highest BCUT2D eigenvalue weighted by Gasteiger charge is 2.43. The van der Waals surface area contributed by atoms with Gasteiger partial charge < -0.3 is 14.6 Å². The molecule has 0 amide bonds. The predicted octanol–water partition coefficient (Wildman–Crippen LogP) is 2.20. The molecule has 102 valence electrons. The van der Waals surface area contributed by atoms with E-state index in [9.17, 15) is 0 Å². The molecule has 2 rings (SSSR count). The van der Waals surface area contributed by atoms with E-state index in [1.54, 1.807) is 7.11 Å². The first-order valence-corrected chi connectivity index (χ1v) is 6.75. The van der Waals surface area contributed by atoms with E-state index in [1.807, 2.05) is 0 Å². The largest absolute Gasteiger partial charge is 0.370 e. The van der Waals surface area contributed by atoms with Crippen LogP contribution in [0.15, 0.2) is 4.52 Å². The van der Waals surface area contributed by atoms with Gasteiger partial charge in [-0.15, -0.1) is 0 Å². The molecule has 0 radical (unpaired) electrons. The highest BCUT2D eigenvalue weighted by Crippen LogP contribution is 2.43. The number of hydrogen-bond donors (Lipinski definition) is 1. The molecule has 0 bridgehead atoms. The minimum Gasteiger partial charge on any atom is -0.370 e. The Labute approximate surface area is 108 Å². The molecule has 1 aliphatic rings. The van der Waals surface area contributed by atoms with Crippen LogP contribution >= 0.6 is 0 Å². The van der Waals surface area contributed by atoms with E-state index in [2.05, 4.69) is 36.2 Å². The Kier molecular flexibility index (Phi) is 4.02. The SMILES string of the molecule is CCNC(C)C(C)c1nc(C2(OC)CCC2)no1. The Morgan fingerprint density at radius 1 is 1.44 bits per heavy atom. The van der Waals surface area contributed by atoms with Gasteiger partial charge in [0, 0.05) is 13.2 Å². The third kappa shape index (κ3) is 2.29. The quantitative estimate of drug-likeness (QED) is 0.842. The van der Waals surface area contributed by atoms with Gasteiger partial charge in [-0.1, -0.05) is 19.0 Å². The second kappa shape index (κ2) is 5.36. The van der Waals surface area contributed by atoms with Gasteiger partial charge in [0.25, 0.3) is 0 Å². The van der Waals surface area contributed by atoms with Gasteiger partial charge in [-0.25, -0.2) is 0 Å². The fraction of sp³-hybridized carbons (Fsp3) is 0.846. The number of aromatic nitrogens is 2. The van der Waals surface area contributed by atoms with Crippen LogP contribution in [0, 0.1) is 0 Å². The minimum atomic E-state index is -0.289. The number of hydrogen-bond acceptors (Lipinski definition) is 5. The van der Waals surface area contributed by atoms with Crippen molar-refractivity contribution in [3.8, 4) is 0 Å². The summed E-state index contributed by atoms with van der Waals surface area (Å²) in [5.41, 5.74) is -0.289. The summed E-state index contributed by atoms with van der Waals surface area (Å²) in [6.07, 6.45) is 3.14. The standard InChI is InChI=1S/C13H23N3O2/c1-5-14-10(3)9(2)11-15-12(16-18-11)13(17-4)7-6-8-13/h9-10,14H,5-8H2,1-4H3. The fourth-order valence-corrected chi connectivity index (χ4v) is 2.33. The van der Waals surface area contributed by atoms with Crippen molar-refractivity contribution in [2.24, 2.45) is 0 Å². The van der Waals surface area contributed by atoms with E-state index in [0.717, 1.165) is 19.4 Å². The lowest BCUT2D eigenvalue weighted by Gasteiger charge is -2.37. The molecular formula is C13H23N3O2. The van der Waals surface area contributed by atoms with E-state index in [1.165, 1.54) is 6.42 Å². The number of nitrogens with one attached hydrogen (secondary N) is 1. The van der Waals surface area contributed by atoms with Crippen molar-refractivity contribution in [1.82, 2.24) is 15.5 Å². The normalized spacial score (nSPS) is 21.3. The molecule has 0 spiro atoms. The van der Waals surface area contributed by atoms with Crippen LogP contribution in [0.4, 0.5) is 0 Å². The van der Waals surface area contributed by atoms with E-state index in [4.69, 9.17) is 9.26 Å². The number of rotatable bonds is 6. The van der Waals surface area contributed by atoms with Crippen LogP contribution in [-0.2, 0) is 10.3 Å². The number of ether oxygens (including phenoxy) is 1. The fourth-order valence-electron chi connectivity index (χ4n) is 2.33. The Hall–Kier alpha value is -0.940. The van der Waals surface area contributed by atoms with Gasteiger partial charge in [0.05, 0.1) is 5.92 Å². The topological polar surface area (TPSA) is 60.2 Å². The smallest absolute Gasteiger partial charge is 0.231 e. The van der Waals surface area contributed by atoms with Gasteiger partial charge in [-0.3, -0.25) is 0 Å². The van der Waals surface area contributed by atoms with Crippen LogP contribution in [0.1, 0.15) is 57.7 Å². The van der Waals surface area contributed by atoms with Crippen LogP contribution in [0.3, 0.4) is 0 Å². The first-order valence-electron chi connectivity index (χ1n) is 6.75. The summed E-state index contributed by atoms with van der Waals surface area (Å²) in [7, 11) is 1.72. The van der Waals surface area contributed by atoms with Crippen molar-refractivity contribution in [2.45, 2.75) is 57.6 Å². The Morgan fingerprint density at radius 2 is 2.17 bits per heavy atom. The van der Waals surface area contributed by atoms with E-state index in [-0.39, 0.29) is 11.5 Å². The molecule has 0 aliphatic heterocycles. The predicted molar refractivity (Wildman–Crippen MR) is 68.4 cm³/mol. The third-order valence-electron chi connectivity index (χ3n) is 4.07. The van der Waals surface area contributed by atoms with Gasteiger partial charge in [0.1, 0.15) is 5.60 Å². The molecule has 2 atom stereocenters. The van der Waals surface area contributed by atoms with Crippen molar-refractivity contribution in [2.75, 3.05) is 13.7 Å². The molecule has 18 heavy (non-hydrogen) atoms. The summed E-state index contributed by atoms with van der Waals surface area (Å²) < 4.78 is 11.0. The van der Waals surface area contributed by atoms with Crippen LogP contribution in [0.5, 0.6) is 0 Å². The monoisotopic (exact) mass is 253 g/mol. The van der Waals surface area contributed by atoms with Crippen molar-refractivity contribution in [1.29, 1.82) is 0 Å². The van der Waals surface area contributed by atoms with Crippen molar-refractivity contribution in [3.05, 3.63) is 11.7 Å². The lowest BCUT2D eigenvalue weighted by molar-refractivity contribution is -0.0858. The second-order valence-corrected chi connectivity index (χ2v) is 5.14. The molecule has 5 heteroatoms. The molecule has 1 aromatic rings. The zero-order valence-corrected chi connectivity index (χ0v) is 11.7. The highest BCUT2D eigenvalue weighted by atomic mass is 16.5. The van der Waals surface area contributed by atoms with E-state index < -0.39 is 0 Å². The lowest BCUT2D eigenvalue weighted by atomic mass is 9.79.